The molecule has 26 heavy (non-hydrogen) atoms. The lowest BCUT2D eigenvalue weighted by molar-refractivity contribution is -0.472. The van der Waals surface area contributed by atoms with E-state index in [-0.39, 0.29) is 18.2 Å². The lowest BCUT2D eigenvalue weighted by Gasteiger charge is -2.54. The van der Waals surface area contributed by atoms with Gasteiger partial charge in [-0.05, 0) is 53.2 Å². The zero-order valence-corrected chi connectivity index (χ0v) is 16.2. The smallest absolute Gasteiger partial charge is 0.243 e. The van der Waals surface area contributed by atoms with Gasteiger partial charge < -0.3 is 4.74 Å². The summed E-state index contributed by atoms with van der Waals surface area (Å²) < 4.78 is 6.15. The van der Waals surface area contributed by atoms with Crippen molar-refractivity contribution in [3.8, 4) is 0 Å². The molecule has 0 radical (unpaired) electrons. The molecule has 1 aliphatic heterocycles. The molecule has 5 heteroatoms. The molecule has 0 saturated heterocycles. The van der Waals surface area contributed by atoms with Crippen LogP contribution in [-0.4, -0.2) is 23.0 Å². The fourth-order valence-corrected chi connectivity index (χ4v) is 3.75. The summed E-state index contributed by atoms with van der Waals surface area (Å²) >= 11 is 0. The molecule has 1 fully saturated rings. The Bertz CT molecular complexity index is 773. The summed E-state index contributed by atoms with van der Waals surface area (Å²) in [6.07, 6.45) is 1.72. The van der Waals surface area contributed by atoms with E-state index in [1.165, 1.54) is 0 Å². The van der Waals surface area contributed by atoms with E-state index in [2.05, 4.69) is 0 Å². The van der Waals surface area contributed by atoms with E-state index in [1.807, 2.05) is 30.3 Å². The lowest BCUT2D eigenvalue weighted by Crippen LogP contribution is -2.67. The first-order valence-electron chi connectivity index (χ1n) is 8.82. The number of Topliss-reactive ketones (excluding diaryl/α,β-unsaturated/α-hetero) is 2. The summed E-state index contributed by atoms with van der Waals surface area (Å²) in [6, 6.07) is 9.55. The molecule has 1 atom stereocenters. The number of ether oxygens (including phenoxy) is 1. The molecule has 0 N–H and O–H groups in total. The Hall–Kier alpha value is -1.82. The average Bonchev–Trinajstić information content (AvgIpc) is 2.58. The van der Waals surface area contributed by atoms with Gasteiger partial charge in [0.1, 0.15) is 5.60 Å². The number of fused-ring (bicyclic) bond motifs is 1. The highest BCUT2D eigenvalue weighted by molar-refractivity contribution is 6.19. The highest BCUT2D eigenvalue weighted by atomic mass is 17.2. The fourth-order valence-electron chi connectivity index (χ4n) is 3.75. The maximum Gasteiger partial charge on any atom is 0.243 e. The van der Waals surface area contributed by atoms with Gasteiger partial charge in [0.15, 0.2) is 11.6 Å². The standard InChI is InChI=1S/C21H26O5/c1-18(2)12-15-16(22)19(3,4)17(23)20(5,6)21(15,26-25-18)24-13-14-10-8-7-9-11-14/h7-12H,13H2,1-6H3. The molecule has 5 nitrogen and oxygen atoms in total. The Morgan fingerprint density at radius 1 is 0.923 bits per heavy atom. The fraction of sp³-hybridized carbons (Fsp3) is 0.524. The highest BCUT2D eigenvalue weighted by Gasteiger charge is 2.68. The van der Waals surface area contributed by atoms with Crippen molar-refractivity contribution in [2.45, 2.75) is 59.5 Å². The maximum absolute atomic E-state index is 13.2. The normalized spacial score (nSPS) is 29.1. The Morgan fingerprint density at radius 3 is 2.15 bits per heavy atom. The van der Waals surface area contributed by atoms with Crippen molar-refractivity contribution in [2.24, 2.45) is 10.8 Å². The predicted molar refractivity (Wildman–Crippen MR) is 95.9 cm³/mol. The summed E-state index contributed by atoms with van der Waals surface area (Å²) in [4.78, 5) is 37.6. The molecule has 0 aromatic heterocycles. The Morgan fingerprint density at radius 2 is 1.54 bits per heavy atom. The van der Waals surface area contributed by atoms with Gasteiger partial charge in [-0.3, -0.25) is 9.59 Å². The van der Waals surface area contributed by atoms with Gasteiger partial charge in [-0.15, -0.1) is 0 Å². The van der Waals surface area contributed by atoms with Crippen LogP contribution in [0.5, 0.6) is 0 Å². The topological polar surface area (TPSA) is 61.8 Å². The van der Waals surface area contributed by atoms with Crippen LogP contribution in [0.4, 0.5) is 0 Å². The molecule has 1 aliphatic carbocycles. The van der Waals surface area contributed by atoms with Gasteiger partial charge in [-0.2, -0.15) is 4.89 Å². The van der Waals surface area contributed by atoms with Crippen molar-refractivity contribution in [1.82, 2.24) is 0 Å². The van der Waals surface area contributed by atoms with Crippen molar-refractivity contribution in [1.29, 1.82) is 0 Å². The van der Waals surface area contributed by atoms with Crippen LogP contribution in [0.25, 0.3) is 0 Å². The van der Waals surface area contributed by atoms with E-state index in [4.69, 9.17) is 14.5 Å². The number of hydrogen-bond acceptors (Lipinski definition) is 5. The third kappa shape index (κ3) is 2.66. The minimum Gasteiger partial charge on any atom is -0.338 e. The summed E-state index contributed by atoms with van der Waals surface area (Å²) in [5.41, 5.74) is -1.79. The minimum absolute atomic E-state index is 0.187. The number of carbonyl (C=O) groups is 2. The molecule has 0 spiro atoms. The average molecular weight is 358 g/mol. The van der Waals surface area contributed by atoms with E-state index >= 15 is 0 Å². The molecule has 1 saturated carbocycles. The third-order valence-electron chi connectivity index (χ3n) is 5.28. The SMILES string of the molecule is CC1(C)C=C2C(=O)C(C)(C)C(=O)C(C)(C)C2(OCc2ccccc2)OO1. The Kier molecular flexibility index (Phi) is 4.26. The third-order valence-corrected chi connectivity index (χ3v) is 5.28. The first kappa shape index (κ1) is 19.0. The molecule has 3 rings (SSSR count). The van der Waals surface area contributed by atoms with Crippen molar-refractivity contribution < 1.29 is 24.1 Å². The molecule has 1 heterocycles. The van der Waals surface area contributed by atoms with Crippen LogP contribution >= 0.6 is 0 Å². The van der Waals surface area contributed by atoms with E-state index < -0.39 is 22.2 Å². The van der Waals surface area contributed by atoms with Crippen LogP contribution in [0.1, 0.15) is 47.1 Å². The van der Waals surface area contributed by atoms with E-state index in [9.17, 15) is 9.59 Å². The molecular formula is C21H26O5. The van der Waals surface area contributed by atoms with Crippen molar-refractivity contribution in [2.75, 3.05) is 0 Å². The van der Waals surface area contributed by atoms with Gasteiger partial charge in [0.2, 0.25) is 5.79 Å². The number of benzene rings is 1. The monoisotopic (exact) mass is 358 g/mol. The van der Waals surface area contributed by atoms with Crippen LogP contribution in [0, 0.1) is 10.8 Å². The van der Waals surface area contributed by atoms with Crippen molar-refractivity contribution in [3.05, 3.63) is 47.5 Å². The Labute approximate surface area is 154 Å². The summed E-state index contributed by atoms with van der Waals surface area (Å²) in [5, 5.41) is 0. The number of carbonyl (C=O) groups excluding carboxylic acids is 2. The minimum atomic E-state index is -1.58. The van der Waals surface area contributed by atoms with E-state index in [1.54, 1.807) is 47.6 Å². The van der Waals surface area contributed by atoms with Gasteiger partial charge in [-0.25, -0.2) is 4.89 Å². The largest absolute Gasteiger partial charge is 0.338 e. The number of hydrogen-bond donors (Lipinski definition) is 0. The molecule has 0 bridgehead atoms. The van der Waals surface area contributed by atoms with Gasteiger partial charge in [0.25, 0.3) is 0 Å². The van der Waals surface area contributed by atoms with Crippen molar-refractivity contribution in [3.63, 3.8) is 0 Å². The molecule has 1 aromatic carbocycles. The number of rotatable bonds is 3. The van der Waals surface area contributed by atoms with Gasteiger partial charge in [0, 0.05) is 0 Å². The summed E-state index contributed by atoms with van der Waals surface area (Å²) in [6.45, 7) is 10.6. The number of ketones is 2. The first-order valence-corrected chi connectivity index (χ1v) is 8.82. The van der Waals surface area contributed by atoms with Gasteiger partial charge in [-0.1, -0.05) is 30.3 Å². The first-order chi connectivity index (χ1) is 11.9. The predicted octanol–water partition coefficient (Wildman–Crippen LogP) is 3.77. The molecule has 1 unspecified atom stereocenters. The second-order valence-electron chi connectivity index (χ2n) is 8.63. The molecule has 2 aliphatic rings. The van der Waals surface area contributed by atoms with Crippen molar-refractivity contribution >= 4 is 11.6 Å². The maximum atomic E-state index is 13.2. The van der Waals surface area contributed by atoms with E-state index in [0.29, 0.717) is 5.57 Å². The molecule has 0 amide bonds. The van der Waals surface area contributed by atoms with Crippen LogP contribution in [-0.2, 0) is 30.7 Å². The second-order valence-corrected chi connectivity index (χ2v) is 8.63. The van der Waals surface area contributed by atoms with Crippen LogP contribution in [0.3, 0.4) is 0 Å². The summed E-state index contributed by atoms with van der Waals surface area (Å²) in [5.74, 6) is -2.10. The van der Waals surface area contributed by atoms with Gasteiger partial charge >= 0.3 is 0 Å². The van der Waals surface area contributed by atoms with Crippen LogP contribution in [0.2, 0.25) is 0 Å². The molecule has 1 aromatic rings. The highest BCUT2D eigenvalue weighted by Crippen LogP contribution is 2.55. The molecule has 140 valence electrons. The van der Waals surface area contributed by atoms with E-state index in [0.717, 1.165) is 5.56 Å². The lowest BCUT2D eigenvalue weighted by atomic mass is 9.57. The molecular weight excluding hydrogens is 332 g/mol. The van der Waals surface area contributed by atoms with Crippen LogP contribution < -0.4 is 0 Å². The zero-order chi connectivity index (χ0) is 19.4. The second kappa shape index (κ2) is 5.84. The summed E-state index contributed by atoms with van der Waals surface area (Å²) in [7, 11) is 0. The van der Waals surface area contributed by atoms with Crippen LogP contribution in [0.15, 0.2) is 42.0 Å². The van der Waals surface area contributed by atoms with Gasteiger partial charge in [0.05, 0.1) is 23.0 Å². The quantitative estimate of drug-likeness (QED) is 0.608. The Balaban J connectivity index is 2.11. The zero-order valence-electron chi connectivity index (χ0n) is 16.2.